The number of carbonyl (C=O) groups excluding carboxylic acids is 2. The van der Waals surface area contributed by atoms with Gasteiger partial charge < -0.3 is 25.0 Å². The highest BCUT2D eigenvalue weighted by molar-refractivity contribution is 8.01. The molecule has 3 aliphatic heterocycles. The summed E-state index contributed by atoms with van der Waals surface area (Å²) in [6.45, 7) is 1.78. The molecule has 5 rings (SSSR count). The maximum absolute atomic E-state index is 12.8. The van der Waals surface area contributed by atoms with Crippen molar-refractivity contribution in [2.45, 2.75) is 30.3 Å². The van der Waals surface area contributed by atoms with Gasteiger partial charge in [-0.1, -0.05) is 35.3 Å². The molecule has 2 fully saturated rings. The zero-order valence-corrected chi connectivity index (χ0v) is 20.6. The van der Waals surface area contributed by atoms with Gasteiger partial charge in [-0.2, -0.15) is 0 Å². The molecule has 3 heterocycles. The number of halogens is 2. The van der Waals surface area contributed by atoms with Crippen LogP contribution >= 0.6 is 35.0 Å². The van der Waals surface area contributed by atoms with Crippen molar-refractivity contribution in [3.05, 3.63) is 52.0 Å². The van der Waals surface area contributed by atoms with Gasteiger partial charge in [0.2, 0.25) is 12.7 Å². The smallest absolute Gasteiger partial charge is 0.321 e. The molecule has 3 amide bonds. The Morgan fingerprint density at radius 2 is 1.85 bits per heavy atom. The normalized spacial score (nSPS) is 20.4. The molecule has 2 aromatic rings. The third kappa shape index (κ3) is 4.88. The Hall–Kier alpha value is -2.33. The number of thioether (sulfide) groups is 1. The second-order valence-corrected chi connectivity index (χ2v) is 10.6. The Kier molecular flexibility index (Phi) is 6.70. The highest BCUT2D eigenvalue weighted by Crippen LogP contribution is 2.40. The van der Waals surface area contributed by atoms with Gasteiger partial charge in [0.25, 0.3) is 0 Å². The maximum atomic E-state index is 12.8. The van der Waals surface area contributed by atoms with Gasteiger partial charge in [-0.05, 0) is 42.7 Å². The zero-order valence-electron chi connectivity index (χ0n) is 18.2. The lowest BCUT2D eigenvalue weighted by Crippen LogP contribution is -2.54. The Morgan fingerprint density at radius 3 is 2.62 bits per heavy atom. The topological polar surface area (TPSA) is 91.9 Å². The second kappa shape index (κ2) is 9.73. The SMILES string of the molecule is O=C(NCc1ccc2c(c1)OCO2)C1CSC2(CCN(C(=O)Nc3c(Cl)cccc3Cl)CC2)N1. The molecule has 3 N–H and O–H groups in total. The lowest BCUT2D eigenvalue weighted by Gasteiger charge is -2.39. The zero-order chi connectivity index (χ0) is 23.7. The van der Waals surface area contributed by atoms with Gasteiger partial charge in [0.15, 0.2) is 11.5 Å². The van der Waals surface area contributed by atoms with E-state index in [1.807, 2.05) is 18.2 Å². The maximum Gasteiger partial charge on any atom is 0.321 e. The Labute approximate surface area is 211 Å². The van der Waals surface area contributed by atoms with Crippen molar-refractivity contribution in [3.63, 3.8) is 0 Å². The average molecular weight is 523 g/mol. The molecule has 1 spiro atoms. The van der Waals surface area contributed by atoms with E-state index in [1.165, 1.54) is 0 Å². The highest BCUT2D eigenvalue weighted by atomic mass is 35.5. The van der Waals surface area contributed by atoms with E-state index < -0.39 is 0 Å². The van der Waals surface area contributed by atoms with Crippen LogP contribution in [0.1, 0.15) is 18.4 Å². The molecule has 2 saturated heterocycles. The molecule has 8 nitrogen and oxygen atoms in total. The lowest BCUT2D eigenvalue weighted by atomic mass is 10.0. The summed E-state index contributed by atoms with van der Waals surface area (Å²) in [5.74, 6) is 2.08. The fourth-order valence-corrected chi connectivity index (χ4v) is 6.22. The number of hydrogen-bond donors (Lipinski definition) is 3. The molecule has 1 atom stereocenters. The molecule has 0 saturated carbocycles. The number of para-hydroxylation sites is 1. The van der Waals surface area contributed by atoms with Crippen LogP contribution < -0.4 is 25.4 Å². The van der Waals surface area contributed by atoms with Gasteiger partial charge in [-0.3, -0.25) is 10.1 Å². The minimum absolute atomic E-state index is 0.0319. The summed E-state index contributed by atoms with van der Waals surface area (Å²) in [6, 6.07) is 10.3. The minimum Gasteiger partial charge on any atom is -0.454 e. The molecular weight excluding hydrogens is 499 g/mol. The number of nitrogens with zero attached hydrogens (tertiary/aromatic N) is 1. The fourth-order valence-electron chi connectivity index (χ4n) is 4.31. The van der Waals surface area contributed by atoms with E-state index in [9.17, 15) is 9.59 Å². The summed E-state index contributed by atoms with van der Waals surface area (Å²) in [4.78, 5) is 27.0. The van der Waals surface area contributed by atoms with Crippen molar-refractivity contribution in [1.29, 1.82) is 0 Å². The first kappa shape index (κ1) is 23.4. The lowest BCUT2D eigenvalue weighted by molar-refractivity contribution is -0.122. The van der Waals surface area contributed by atoms with E-state index in [-0.39, 0.29) is 29.6 Å². The first-order valence-electron chi connectivity index (χ1n) is 11.0. The first-order valence-corrected chi connectivity index (χ1v) is 12.7. The van der Waals surface area contributed by atoms with Crippen molar-refractivity contribution in [2.75, 3.05) is 31.0 Å². The van der Waals surface area contributed by atoms with Gasteiger partial charge >= 0.3 is 6.03 Å². The Balaban J connectivity index is 1.11. The molecule has 0 radical (unpaired) electrons. The third-order valence-electron chi connectivity index (χ3n) is 6.24. The molecule has 3 aliphatic rings. The number of fused-ring (bicyclic) bond motifs is 1. The van der Waals surface area contributed by atoms with E-state index in [0.717, 1.165) is 24.2 Å². The summed E-state index contributed by atoms with van der Waals surface area (Å²) in [5, 5.41) is 10.1. The number of benzene rings is 2. The number of piperidine rings is 1. The van der Waals surface area contributed by atoms with E-state index in [0.29, 0.717) is 46.9 Å². The first-order chi connectivity index (χ1) is 16.4. The molecule has 1 unspecified atom stereocenters. The number of anilines is 1. The molecule has 34 heavy (non-hydrogen) atoms. The van der Waals surface area contributed by atoms with Gasteiger partial charge in [-0.25, -0.2) is 4.79 Å². The van der Waals surface area contributed by atoms with Gasteiger partial charge in [0, 0.05) is 25.4 Å². The van der Waals surface area contributed by atoms with Crippen LogP contribution in [0.3, 0.4) is 0 Å². The number of urea groups is 1. The van der Waals surface area contributed by atoms with E-state index in [4.69, 9.17) is 32.7 Å². The average Bonchev–Trinajstić information content (AvgIpc) is 3.47. The molecule has 0 aliphatic carbocycles. The van der Waals surface area contributed by atoms with Gasteiger partial charge in [0.1, 0.15) is 0 Å². The predicted octanol–water partition coefficient (Wildman–Crippen LogP) is 4.07. The van der Waals surface area contributed by atoms with Gasteiger partial charge in [0.05, 0.1) is 26.6 Å². The molecule has 11 heteroatoms. The predicted molar refractivity (Wildman–Crippen MR) is 133 cm³/mol. The number of amides is 3. The number of carbonyl (C=O) groups is 2. The van der Waals surface area contributed by atoms with E-state index >= 15 is 0 Å². The van der Waals surface area contributed by atoms with Crippen molar-refractivity contribution >= 4 is 52.6 Å². The fraction of sp³-hybridized carbons (Fsp3) is 0.391. The Morgan fingerprint density at radius 1 is 1.12 bits per heavy atom. The minimum atomic E-state index is -0.277. The van der Waals surface area contributed by atoms with Crippen molar-refractivity contribution in [3.8, 4) is 11.5 Å². The van der Waals surface area contributed by atoms with Crippen molar-refractivity contribution in [2.24, 2.45) is 0 Å². The molecule has 0 bridgehead atoms. The highest BCUT2D eigenvalue weighted by Gasteiger charge is 2.44. The third-order valence-corrected chi connectivity index (χ3v) is 8.45. The number of rotatable bonds is 4. The molecule has 2 aromatic carbocycles. The quantitative estimate of drug-likeness (QED) is 0.560. The van der Waals surface area contributed by atoms with Crippen LogP contribution in [-0.4, -0.2) is 53.4 Å². The summed E-state index contributed by atoms with van der Waals surface area (Å²) >= 11 is 14.1. The van der Waals surface area contributed by atoms with Crippen LogP contribution in [0.2, 0.25) is 10.0 Å². The Bertz CT molecular complexity index is 1090. The summed E-state index contributed by atoms with van der Waals surface area (Å²) < 4.78 is 10.7. The van der Waals surface area contributed by atoms with Gasteiger partial charge in [-0.15, -0.1) is 11.8 Å². The van der Waals surface area contributed by atoms with Crippen molar-refractivity contribution in [1.82, 2.24) is 15.5 Å². The monoisotopic (exact) mass is 522 g/mol. The van der Waals surface area contributed by atoms with Crippen LogP contribution in [0.5, 0.6) is 11.5 Å². The molecular formula is C23H24Cl2N4O4S. The van der Waals surface area contributed by atoms with Crippen molar-refractivity contribution < 1.29 is 19.1 Å². The molecule has 180 valence electrons. The van der Waals surface area contributed by atoms with Crippen LogP contribution in [0.15, 0.2) is 36.4 Å². The van der Waals surface area contributed by atoms with Crippen LogP contribution in [0, 0.1) is 0 Å². The van der Waals surface area contributed by atoms with Crippen LogP contribution in [0.25, 0.3) is 0 Å². The molecule has 0 aromatic heterocycles. The largest absolute Gasteiger partial charge is 0.454 e. The summed E-state index contributed by atoms with van der Waals surface area (Å²) in [6.07, 6.45) is 1.49. The van der Waals surface area contributed by atoms with Crippen LogP contribution in [-0.2, 0) is 11.3 Å². The standard InChI is InChI=1S/C23H24Cl2N4O4S/c24-15-2-1-3-16(25)20(15)27-22(31)29-8-6-23(7-9-29)28-17(12-34-23)21(30)26-11-14-4-5-18-19(10-14)33-13-32-18/h1-5,10,17,28H,6-9,11-13H2,(H,26,30)(H,27,31). The van der Waals surface area contributed by atoms with E-state index in [2.05, 4.69) is 16.0 Å². The number of hydrogen-bond acceptors (Lipinski definition) is 6. The van der Waals surface area contributed by atoms with Crippen LogP contribution in [0.4, 0.5) is 10.5 Å². The number of ether oxygens (including phenoxy) is 2. The number of nitrogens with one attached hydrogen (secondary N) is 3. The van der Waals surface area contributed by atoms with E-state index in [1.54, 1.807) is 34.9 Å². The second-order valence-electron chi connectivity index (χ2n) is 8.42. The number of likely N-dealkylation sites (tertiary alicyclic amines) is 1. The summed E-state index contributed by atoms with van der Waals surface area (Å²) in [5.41, 5.74) is 1.37. The summed E-state index contributed by atoms with van der Waals surface area (Å²) in [7, 11) is 0.